The van der Waals surface area contributed by atoms with E-state index < -0.39 is 5.41 Å². The second-order valence-electron chi connectivity index (χ2n) is 27.5. The molecule has 1 aliphatic carbocycles. The monoisotopic (exact) mass is 1260 g/mol. The zero-order valence-corrected chi connectivity index (χ0v) is 53.5. The van der Waals surface area contributed by atoms with E-state index in [1.54, 1.807) is 0 Å². The normalized spacial score (nSPS) is 13.4. The predicted octanol–water partition coefficient (Wildman–Crippen LogP) is 24.9. The summed E-state index contributed by atoms with van der Waals surface area (Å²) in [7, 11) is 0. The van der Waals surface area contributed by atoms with Crippen LogP contribution in [0.15, 0.2) is 315 Å². The van der Waals surface area contributed by atoms with Gasteiger partial charge in [0.25, 0.3) is 0 Å². The molecule has 0 saturated heterocycles. The molecule has 0 aliphatic heterocycles. The van der Waals surface area contributed by atoms with Crippen LogP contribution in [0.1, 0.15) is 22.3 Å². The molecule has 7 heterocycles. The van der Waals surface area contributed by atoms with Gasteiger partial charge in [-0.15, -0.1) is 11.3 Å². The quantitative estimate of drug-likeness (QED) is 0.164. The highest BCUT2D eigenvalue weighted by molar-refractivity contribution is 7.25. The smallest absolute Gasteiger partial charge is 0.0713 e. The maximum atomic E-state index is 2.57. The summed E-state index contributed by atoms with van der Waals surface area (Å²) in [5, 5.41) is 22.8. The first-order valence-electron chi connectivity index (χ1n) is 34.0. The molecule has 450 valence electrons. The van der Waals surface area contributed by atoms with E-state index in [0.717, 1.165) is 5.69 Å². The number of rotatable bonds is 5. The van der Waals surface area contributed by atoms with Gasteiger partial charge in [0, 0.05) is 96.2 Å². The number of nitrogens with zero attached hydrogens (tertiary/aromatic N) is 4. The van der Waals surface area contributed by atoms with Crippen LogP contribution < -0.4 is 0 Å². The SMILES string of the molecule is c1ccc(C2(c3ccccc3)c3ccccc3-c3cc(-n4c5cc(-c6ccc7c(c6)c6cccc8c9cc%10cc%11c%12ccccc%12n(-c%12ccc%13sc%14ccccc%14c%13c%12)c%11cc%10cc9n7c68)ccc5c5cc6cc7c8cccc9c%10ccccc%10n(c7cc6cc54)c98)ccc32)cc1. The zero-order chi connectivity index (χ0) is 63.4. The summed E-state index contributed by atoms with van der Waals surface area (Å²) in [6.45, 7) is 0. The van der Waals surface area contributed by atoms with Gasteiger partial charge < -0.3 is 17.9 Å². The lowest BCUT2D eigenvalue weighted by atomic mass is 9.68. The van der Waals surface area contributed by atoms with Crippen LogP contribution in [0, 0.1) is 0 Å². The Balaban J connectivity index is 0.714. The molecule has 0 fully saturated rings. The van der Waals surface area contributed by atoms with Crippen molar-refractivity contribution in [1.29, 1.82) is 0 Å². The third-order valence-corrected chi connectivity index (χ3v) is 23.9. The molecular formula is C93H52N4S. The Morgan fingerprint density at radius 2 is 0.663 bits per heavy atom. The molecule has 0 N–H and O–H groups in total. The van der Waals surface area contributed by atoms with Crippen molar-refractivity contribution in [3.05, 3.63) is 338 Å². The Morgan fingerprint density at radius 1 is 0.224 bits per heavy atom. The van der Waals surface area contributed by atoms with Gasteiger partial charge in [-0.2, -0.15) is 0 Å². The van der Waals surface area contributed by atoms with Crippen LogP contribution in [0.25, 0.3) is 195 Å². The van der Waals surface area contributed by atoms with Crippen molar-refractivity contribution in [2.75, 3.05) is 0 Å². The Bertz CT molecular complexity index is 7440. The first kappa shape index (κ1) is 51.8. The number of fused-ring (bicyclic) bond motifs is 26. The molecule has 0 saturated carbocycles. The number of thiophene rings is 1. The Labute approximate surface area is 563 Å². The summed E-state index contributed by atoms with van der Waals surface area (Å²) in [4.78, 5) is 0. The van der Waals surface area contributed by atoms with Crippen LogP contribution in [-0.4, -0.2) is 17.9 Å². The van der Waals surface area contributed by atoms with Crippen molar-refractivity contribution in [1.82, 2.24) is 17.9 Å². The zero-order valence-electron chi connectivity index (χ0n) is 52.7. The second kappa shape index (κ2) is 18.5. The Hall–Kier alpha value is -12.5. The van der Waals surface area contributed by atoms with Crippen molar-refractivity contribution in [3.63, 3.8) is 0 Å². The number of aromatic nitrogens is 4. The average Bonchev–Trinajstić information content (AvgIpc) is 1.54. The molecule has 98 heavy (non-hydrogen) atoms. The average molecular weight is 1260 g/mol. The molecule has 7 aromatic heterocycles. The summed E-state index contributed by atoms with van der Waals surface area (Å²) < 4.78 is 12.7. The Morgan fingerprint density at radius 3 is 1.35 bits per heavy atom. The van der Waals surface area contributed by atoms with Gasteiger partial charge in [-0.25, -0.2) is 0 Å². The standard InChI is InChI=1S/C93H52N4S/c1-3-17-59(18-4-1)93(60-19-5-2-6-20-60)79-29-11-7-21-63(79)72-51-61(35-38-80(72)93)95-84-46-54(33-37-66(84)74-43-56-45-76-70-27-15-25-68-64-22-8-13-31-82(64)96(91(68)70)87(76)49-58(56)48-86(74)95)53-34-39-83-75(41-53)69-26-16-28-71-77-44-55-42-73-65-23-9-12-30-81(65)94(85(73)47-57(55)50-88(77)97(83)92(69)71)62-36-40-90-78(52-62)67-24-10-14-32-89(67)98-90/h1-52H. The van der Waals surface area contributed by atoms with Crippen molar-refractivity contribution in [2.24, 2.45) is 0 Å². The predicted molar refractivity (Wildman–Crippen MR) is 415 cm³/mol. The lowest BCUT2D eigenvalue weighted by molar-refractivity contribution is 0.768. The fourth-order valence-electron chi connectivity index (χ4n) is 18.7. The molecule has 5 heteroatoms. The number of para-hydroxylation sites is 4. The molecule has 0 amide bonds. The van der Waals surface area contributed by atoms with Gasteiger partial charge in [0.05, 0.1) is 60.6 Å². The third-order valence-electron chi connectivity index (χ3n) is 22.8. The van der Waals surface area contributed by atoms with Crippen molar-refractivity contribution in [2.45, 2.75) is 5.41 Å². The number of benzene rings is 16. The fraction of sp³-hybridized carbons (Fsp3) is 0.0108. The van der Waals surface area contributed by atoms with Crippen molar-refractivity contribution >= 4 is 173 Å². The van der Waals surface area contributed by atoms with Crippen molar-refractivity contribution in [3.8, 4) is 33.6 Å². The van der Waals surface area contributed by atoms with E-state index in [2.05, 4.69) is 333 Å². The minimum atomic E-state index is -0.506. The summed E-state index contributed by atoms with van der Waals surface area (Å²) in [6.07, 6.45) is 0. The number of hydrogen-bond acceptors (Lipinski definition) is 1. The molecule has 1 aliphatic rings. The maximum absolute atomic E-state index is 2.57. The van der Waals surface area contributed by atoms with Crippen LogP contribution in [0.2, 0.25) is 0 Å². The van der Waals surface area contributed by atoms with Gasteiger partial charge in [-0.1, -0.05) is 200 Å². The van der Waals surface area contributed by atoms with E-state index in [1.165, 1.54) is 212 Å². The molecule has 0 radical (unpaired) electrons. The fourth-order valence-corrected chi connectivity index (χ4v) is 19.8. The third kappa shape index (κ3) is 6.50. The van der Waals surface area contributed by atoms with E-state index in [0.29, 0.717) is 0 Å². The first-order chi connectivity index (χ1) is 48.6. The molecule has 0 bridgehead atoms. The highest BCUT2D eigenvalue weighted by Gasteiger charge is 2.46. The minimum absolute atomic E-state index is 0.506. The van der Waals surface area contributed by atoms with Crippen LogP contribution in [0.5, 0.6) is 0 Å². The molecule has 0 atom stereocenters. The topological polar surface area (TPSA) is 18.7 Å². The summed E-state index contributed by atoms with van der Waals surface area (Å²) in [5.74, 6) is 0. The van der Waals surface area contributed by atoms with E-state index >= 15 is 0 Å². The number of hydrogen-bond donors (Lipinski definition) is 0. The second-order valence-corrected chi connectivity index (χ2v) is 28.5. The molecule has 24 rings (SSSR count). The minimum Gasteiger partial charge on any atom is -0.309 e. The summed E-state index contributed by atoms with van der Waals surface area (Å²) in [5.41, 5.74) is 24.1. The van der Waals surface area contributed by atoms with Gasteiger partial charge >= 0.3 is 0 Å². The lowest BCUT2D eigenvalue weighted by Crippen LogP contribution is -2.28. The van der Waals surface area contributed by atoms with Gasteiger partial charge in [0.1, 0.15) is 0 Å². The van der Waals surface area contributed by atoms with Crippen LogP contribution in [0.3, 0.4) is 0 Å². The Kier molecular flexibility index (Phi) is 9.77. The van der Waals surface area contributed by atoms with E-state index in [-0.39, 0.29) is 0 Å². The van der Waals surface area contributed by atoms with Gasteiger partial charge in [0.2, 0.25) is 0 Å². The highest BCUT2D eigenvalue weighted by atomic mass is 32.1. The van der Waals surface area contributed by atoms with E-state index in [1.807, 2.05) is 11.3 Å². The highest BCUT2D eigenvalue weighted by Crippen LogP contribution is 2.57. The van der Waals surface area contributed by atoms with Gasteiger partial charge in [-0.3, -0.25) is 0 Å². The van der Waals surface area contributed by atoms with Crippen molar-refractivity contribution < 1.29 is 0 Å². The van der Waals surface area contributed by atoms with Gasteiger partial charge in [0.15, 0.2) is 0 Å². The molecule has 0 unspecified atom stereocenters. The van der Waals surface area contributed by atoms with E-state index in [9.17, 15) is 0 Å². The van der Waals surface area contributed by atoms with Gasteiger partial charge in [-0.05, 0) is 181 Å². The molecule has 0 spiro atoms. The van der Waals surface area contributed by atoms with Crippen LogP contribution >= 0.6 is 11.3 Å². The lowest BCUT2D eigenvalue weighted by Gasteiger charge is -2.33. The van der Waals surface area contributed by atoms with Crippen LogP contribution in [0.4, 0.5) is 0 Å². The summed E-state index contributed by atoms with van der Waals surface area (Å²) in [6, 6.07) is 120. The van der Waals surface area contributed by atoms with E-state index in [4.69, 9.17) is 0 Å². The maximum Gasteiger partial charge on any atom is 0.0713 e. The molecule has 23 aromatic rings. The summed E-state index contributed by atoms with van der Waals surface area (Å²) >= 11 is 1.87. The molecule has 16 aromatic carbocycles. The largest absolute Gasteiger partial charge is 0.309 e. The first-order valence-corrected chi connectivity index (χ1v) is 34.8. The molecule has 4 nitrogen and oxygen atoms in total. The molecular weight excluding hydrogens is 1210 g/mol. The van der Waals surface area contributed by atoms with Crippen LogP contribution in [-0.2, 0) is 5.41 Å².